The predicted molar refractivity (Wildman–Crippen MR) is 106 cm³/mol. The molecule has 4 heterocycles. The van der Waals surface area contributed by atoms with Gasteiger partial charge in [-0.3, -0.25) is 19.4 Å². The van der Waals surface area contributed by atoms with Crippen LogP contribution in [-0.2, 0) is 29.0 Å². The van der Waals surface area contributed by atoms with Crippen LogP contribution in [0.15, 0.2) is 24.4 Å². The van der Waals surface area contributed by atoms with Gasteiger partial charge in [-0.2, -0.15) is 0 Å². The van der Waals surface area contributed by atoms with E-state index in [1.54, 1.807) is 25.2 Å². The van der Waals surface area contributed by atoms with E-state index in [-0.39, 0.29) is 24.3 Å². The molecule has 0 fully saturated rings. The summed E-state index contributed by atoms with van der Waals surface area (Å²) in [7, 11) is 3.37. The fourth-order valence-corrected chi connectivity index (χ4v) is 5.02. The van der Waals surface area contributed by atoms with Crippen molar-refractivity contribution in [1.82, 2.24) is 14.8 Å². The van der Waals surface area contributed by atoms with Gasteiger partial charge in [0.2, 0.25) is 11.8 Å². The highest BCUT2D eigenvalue weighted by atomic mass is 32.1. The highest BCUT2D eigenvalue weighted by molar-refractivity contribution is 7.17. The average Bonchev–Trinajstić information content (AvgIpc) is 3.06. The number of anilines is 1. The summed E-state index contributed by atoms with van der Waals surface area (Å²) in [6, 6.07) is 5.70. The minimum atomic E-state index is -0.111. The standard InChI is InChI=1S/C20H22N4O3S/c1-22-12-17(26)23(2)20-18(19(22)27)14-8-10-24(11-15(14)28-20)16(25)7-6-13-5-3-4-9-21-13/h3-5,9H,6-8,10-12H2,1-2H3. The van der Waals surface area contributed by atoms with Crippen LogP contribution in [0.25, 0.3) is 0 Å². The summed E-state index contributed by atoms with van der Waals surface area (Å²) in [5, 5.41) is 0.701. The van der Waals surface area contributed by atoms with Crippen LogP contribution in [-0.4, -0.2) is 59.7 Å². The quantitative estimate of drug-likeness (QED) is 0.789. The highest BCUT2D eigenvalue weighted by Crippen LogP contribution is 2.40. The second-order valence-electron chi connectivity index (χ2n) is 7.18. The van der Waals surface area contributed by atoms with Crippen molar-refractivity contribution in [2.75, 3.05) is 32.1 Å². The molecule has 2 aromatic heterocycles. The second kappa shape index (κ2) is 7.35. The summed E-state index contributed by atoms with van der Waals surface area (Å²) in [6.45, 7) is 1.17. The number of carbonyl (C=O) groups is 3. The lowest BCUT2D eigenvalue weighted by atomic mass is 10.0. The lowest BCUT2D eigenvalue weighted by Gasteiger charge is -2.27. The number of hydrogen-bond acceptors (Lipinski definition) is 5. The first-order chi connectivity index (χ1) is 13.5. The van der Waals surface area contributed by atoms with Gasteiger partial charge in [-0.15, -0.1) is 11.3 Å². The smallest absolute Gasteiger partial charge is 0.257 e. The highest BCUT2D eigenvalue weighted by Gasteiger charge is 2.36. The molecule has 8 heteroatoms. The van der Waals surface area contributed by atoms with E-state index in [4.69, 9.17) is 0 Å². The van der Waals surface area contributed by atoms with Crippen LogP contribution in [0, 0.1) is 0 Å². The van der Waals surface area contributed by atoms with Gasteiger partial charge in [0.15, 0.2) is 0 Å². The molecule has 2 aromatic rings. The SMILES string of the molecule is CN1CC(=O)N(C)c2sc3c(c2C1=O)CCN(C(=O)CCc1ccccn1)C3. The van der Waals surface area contributed by atoms with E-state index in [2.05, 4.69) is 4.98 Å². The lowest BCUT2D eigenvalue weighted by molar-refractivity contribution is -0.132. The number of rotatable bonds is 3. The number of likely N-dealkylation sites (N-methyl/N-ethyl adjacent to an activating group) is 2. The van der Waals surface area contributed by atoms with Crippen LogP contribution in [0.2, 0.25) is 0 Å². The maximum Gasteiger partial charge on any atom is 0.257 e. The summed E-state index contributed by atoms with van der Waals surface area (Å²) in [4.78, 5) is 48.0. The maximum atomic E-state index is 12.8. The first kappa shape index (κ1) is 18.6. The van der Waals surface area contributed by atoms with Crippen molar-refractivity contribution in [3.63, 3.8) is 0 Å². The summed E-state index contributed by atoms with van der Waals surface area (Å²) in [5.74, 6) is -0.121. The lowest BCUT2D eigenvalue weighted by Crippen LogP contribution is -2.37. The number of nitrogens with zero attached hydrogens (tertiary/aromatic N) is 4. The number of aromatic nitrogens is 1. The molecule has 2 aliphatic rings. The minimum absolute atomic E-state index is 0.0869. The van der Waals surface area contributed by atoms with Gasteiger partial charge in [-0.05, 0) is 30.5 Å². The third-order valence-electron chi connectivity index (χ3n) is 5.32. The van der Waals surface area contributed by atoms with Crippen LogP contribution >= 0.6 is 11.3 Å². The average molecular weight is 398 g/mol. The van der Waals surface area contributed by atoms with Gasteiger partial charge in [-0.25, -0.2) is 0 Å². The summed E-state index contributed by atoms with van der Waals surface area (Å²) >= 11 is 1.46. The molecule has 0 bridgehead atoms. The van der Waals surface area contributed by atoms with E-state index >= 15 is 0 Å². The van der Waals surface area contributed by atoms with E-state index in [0.29, 0.717) is 42.9 Å². The molecule has 0 aliphatic carbocycles. The Bertz CT molecular complexity index is 940. The molecule has 0 N–H and O–H groups in total. The maximum absolute atomic E-state index is 12.8. The zero-order chi connectivity index (χ0) is 19.8. The van der Waals surface area contributed by atoms with Crippen LogP contribution in [0.4, 0.5) is 5.00 Å². The van der Waals surface area contributed by atoms with Crippen molar-refractivity contribution >= 4 is 34.1 Å². The molecule has 0 spiro atoms. The molecule has 3 amide bonds. The van der Waals surface area contributed by atoms with Crippen LogP contribution in [0.3, 0.4) is 0 Å². The van der Waals surface area contributed by atoms with Gasteiger partial charge in [0.05, 0.1) is 12.1 Å². The molecular weight excluding hydrogens is 376 g/mol. The van der Waals surface area contributed by atoms with Gasteiger partial charge in [-0.1, -0.05) is 6.07 Å². The van der Waals surface area contributed by atoms with E-state index in [1.165, 1.54) is 16.2 Å². The van der Waals surface area contributed by atoms with Gasteiger partial charge < -0.3 is 14.7 Å². The summed E-state index contributed by atoms with van der Waals surface area (Å²) in [5.41, 5.74) is 2.54. The molecule has 0 saturated heterocycles. The molecule has 0 aromatic carbocycles. The molecule has 0 saturated carbocycles. The van der Waals surface area contributed by atoms with E-state index < -0.39 is 0 Å². The van der Waals surface area contributed by atoms with Crippen molar-refractivity contribution in [2.45, 2.75) is 25.8 Å². The number of fused-ring (bicyclic) bond motifs is 3. The Labute approximate surface area is 167 Å². The normalized spacial score (nSPS) is 16.7. The predicted octanol–water partition coefficient (Wildman–Crippen LogP) is 1.71. The fourth-order valence-electron chi connectivity index (χ4n) is 3.68. The molecule has 4 rings (SSSR count). The van der Waals surface area contributed by atoms with E-state index in [1.807, 2.05) is 23.1 Å². The molecule has 0 unspecified atom stereocenters. The Morgan fingerprint density at radius 2 is 2.04 bits per heavy atom. The molecule has 0 atom stereocenters. The monoisotopic (exact) mass is 398 g/mol. The van der Waals surface area contributed by atoms with E-state index in [0.717, 1.165) is 16.1 Å². The van der Waals surface area contributed by atoms with Crippen LogP contribution in [0.5, 0.6) is 0 Å². The Balaban J connectivity index is 1.53. The topological polar surface area (TPSA) is 73.8 Å². The van der Waals surface area contributed by atoms with Crippen LogP contribution < -0.4 is 4.90 Å². The van der Waals surface area contributed by atoms with Gasteiger partial charge in [0.1, 0.15) is 11.5 Å². The van der Waals surface area contributed by atoms with Crippen molar-refractivity contribution in [3.05, 3.63) is 46.1 Å². The zero-order valence-electron chi connectivity index (χ0n) is 16.0. The van der Waals surface area contributed by atoms with Gasteiger partial charge in [0, 0.05) is 43.8 Å². The molecule has 28 heavy (non-hydrogen) atoms. The Hall–Kier alpha value is -2.74. The third-order valence-corrected chi connectivity index (χ3v) is 6.62. The number of amides is 3. The number of carbonyl (C=O) groups excluding carboxylic acids is 3. The molecule has 7 nitrogen and oxygen atoms in total. The Morgan fingerprint density at radius 3 is 2.79 bits per heavy atom. The zero-order valence-corrected chi connectivity index (χ0v) is 16.8. The van der Waals surface area contributed by atoms with Crippen LogP contribution in [0.1, 0.15) is 32.9 Å². The second-order valence-corrected chi connectivity index (χ2v) is 8.27. The molecule has 0 radical (unpaired) electrons. The molecule has 2 aliphatic heterocycles. The van der Waals surface area contributed by atoms with Gasteiger partial charge in [0.25, 0.3) is 5.91 Å². The van der Waals surface area contributed by atoms with Crippen molar-refractivity contribution in [1.29, 1.82) is 0 Å². The Kier molecular flexibility index (Phi) is 4.89. The van der Waals surface area contributed by atoms with Gasteiger partial charge >= 0.3 is 0 Å². The fraction of sp³-hybridized carbons (Fsp3) is 0.400. The van der Waals surface area contributed by atoms with Crippen molar-refractivity contribution in [3.8, 4) is 0 Å². The largest absolute Gasteiger partial charge is 0.337 e. The summed E-state index contributed by atoms with van der Waals surface area (Å²) in [6.07, 6.45) is 3.40. The van der Waals surface area contributed by atoms with Crippen molar-refractivity contribution < 1.29 is 14.4 Å². The van der Waals surface area contributed by atoms with Crippen molar-refractivity contribution in [2.24, 2.45) is 0 Å². The Morgan fingerprint density at radius 1 is 1.21 bits per heavy atom. The minimum Gasteiger partial charge on any atom is -0.337 e. The third kappa shape index (κ3) is 3.28. The number of thiophene rings is 1. The first-order valence-corrected chi connectivity index (χ1v) is 10.1. The number of hydrogen-bond donors (Lipinski definition) is 0. The molecular formula is C20H22N4O3S. The van der Waals surface area contributed by atoms with E-state index in [9.17, 15) is 14.4 Å². The summed E-state index contributed by atoms with van der Waals surface area (Å²) < 4.78 is 0. The molecule has 146 valence electrons. The number of aryl methyl sites for hydroxylation is 1. The number of pyridine rings is 1. The first-order valence-electron chi connectivity index (χ1n) is 9.30.